The number of carbonyl (C=O) groups excluding carboxylic acids is 1. The van der Waals surface area contributed by atoms with Crippen molar-refractivity contribution in [2.75, 3.05) is 5.73 Å². The van der Waals surface area contributed by atoms with Gasteiger partial charge in [0.15, 0.2) is 17.2 Å². The maximum atomic E-state index is 13.4. The SMILES string of the molecule is C[C@H](NC(=O)c1c(N)nc2cccnn12)c1cc2cccc(C#Cc3cnn(C)c3)c2n1-c1ccccc1. The van der Waals surface area contributed by atoms with Gasteiger partial charge in [-0.25, -0.2) is 9.50 Å². The number of nitrogens with one attached hydrogen (secondary N) is 1. The maximum Gasteiger partial charge on any atom is 0.274 e. The molecule has 0 saturated carbocycles. The van der Waals surface area contributed by atoms with Crippen LogP contribution in [-0.4, -0.2) is 34.9 Å². The van der Waals surface area contributed by atoms with Gasteiger partial charge in [0.1, 0.15) is 0 Å². The first-order valence-corrected chi connectivity index (χ1v) is 12.1. The number of para-hydroxylation sites is 2. The lowest BCUT2D eigenvalue weighted by molar-refractivity contribution is 0.0932. The zero-order valence-corrected chi connectivity index (χ0v) is 20.8. The van der Waals surface area contributed by atoms with Crippen LogP contribution in [0.2, 0.25) is 0 Å². The van der Waals surface area contributed by atoms with Gasteiger partial charge in [0.05, 0.1) is 23.3 Å². The van der Waals surface area contributed by atoms with Gasteiger partial charge in [0.2, 0.25) is 0 Å². The number of carbonyl (C=O) groups is 1. The Morgan fingerprint density at radius 2 is 1.87 bits per heavy atom. The number of aryl methyl sites for hydroxylation is 1. The van der Waals surface area contributed by atoms with Crippen molar-refractivity contribution < 1.29 is 4.79 Å². The summed E-state index contributed by atoms with van der Waals surface area (Å²) in [5.41, 5.74) is 11.3. The van der Waals surface area contributed by atoms with E-state index in [1.807, 2.05) is 62.6 Å². The molecular weight excluding hydrogens is 476 g/mol. The molecule has 2 aromatic carbocycles. The second kappa shape index (κ2) is 9.26. The highest BCUT2D eigenvalue weighted by atomic mass is 16.2. The average molecular weight is 501 g/mol. The molecule has 6 aromatic rings. The van der Waals surface area contributed by atoms with Crippen LogP contribution >= 0.6 is 0 Å². The Labute approximate surface area is 218 Å². The fraction of sp³-hybridized carbons (Fsp3) is 0.103. The molecular formula is C29H24N8O. The first-order valence-electron chi connectivity index (χ1n) is 12.1. The first-order chi connectivity index (χ1) is 18.5. The zero-order valence-electron chi connectivity index (χ0n) is 20.8. The number of anilines is 1. The molecule has 1 amide bonds. The Kier molecular flexibility index (Phi) is 5.62. The van der Waals surface area contributed by atoms with E-state index in [1.165, 1.54) is 4.52 Å². The Balaban J connectivity index is 1.45. The second-order valence-electron chi connectivity index (χ2n) is 8.97. The third-order valence-electron chi connectivity index (χ3n) is 6.34. The number of nitrogens with zero attached hydrogens (tertiary/aromatic N) is 6. The minimum Gasteiger partial charge on any atom is -0.382 e. The van der Waals surface area contributed by atoms with Crippen molar-refractivity contribution in [2.24, 2.45) is 7.05 Å². The minimum atomic E-state index is -0.372. The molecule has 9 heteroatoms. The molecule has 0 aliphatic heterocycles. The second-order valence-corrected chi connectivity index (χ2v) is 8.97. The lowest BCUT2D eigenvalue weighted by Gasteiger charge is -2.18. The van der Waals surface area contributed by atoms with Gasteiger partial charge in [-0.15, -0.1) is 0 Å². The number of aromatic nitrogens is 6. The molecule has 1 atom stereocenters. The molecule has 0 bridgehead atoms. The van der Waals surface area contributed by atoms with Crippen molar-refractivity contribution in [3.05, 3.63) is 108 Å². The van der Waals surface area contributed by atoms with Crippen LogP contribution in [0.3, 0.4) is 0 Å². The van der Waals surface area contributed by atoms with Gasteiger partial charge in [-0.1, -0.05) is 42.2 Å². The standard InChI is InChI=1S/C29H24N8O/c1-19(33-29(38)27-28(30)34-25-12-7-15-31-37(25)27)24-16-22-9-6-8-21(14-13-20-17-32-35(2)18-20)26(22)36(24)23-10-4-3-5-11-23/h3-12,15-19H,30H2,1-2H3,(H,33,38)/t19-/m0/s1. The summed E-state index contributed by atoms with van der Waals surface area (Å²) in [5, 5.41) is 12.6. The Morgan fingerprint density at radius 1 is 1.03 bits per heavy atom. The highest BCUT2D eigenvalue weighted by Crippen LogP contribution is 2.31. The number of hydrogen-bond acceptors (Lipinski definition) is 5. The Morgan fingerprint density at radius 3 is 2.66 bits per heavy atom. The van der Waals surface area contributed by atoms with Crippen LogP contribution in [-0.2, 0) is 7.05 Å². The normalized spacial score (nSPS) is 11.8. The number of rotatable bonds is 4. The number of amides is 1. The van der Waals surface area contributed by atoms with Gasteiger partial charge >= 0.3 is 0 Å². The monoisotopic (exact) mass is 500 g/mol. The van der Waals surface area contributed by atoms with Gasteiger partial charge in [0, 0.05) is 41.8 Å². The van der Waals surface area contributed by atoms with Gasteiger partial charge in [-0.05, 0) is 43.3 Å². The van der Waals surface area contributed by atoms with Crippen molar-refractivity contribution in [1.29, 1.82) is 0 Å². The number of nitrogen functional groups attached to an aromatic ring is 1. The molecule has 0 radical (unpaired) electrons. The highest BCUT2D eigenvalue weighted by molar-refractivity contribution is 5.98. The van der Waals surface area contributed by atoms with Crippen molar-refractivity contribution in [2.45, 2.75) is 13.0 Å². The molecule has 186 valence electrons. The van der Waals surface area contributed by atoms with Gasteiger partial charge in [0.25, 0.3) is 5.91 Å². The molecule has 0 fully saturated rings. The summed E-state index contributed by atoms with van der Waals surface area (Å²) in [7, 11) is 1.87. The molecule has 0 unspecified atom stereocenters. The molecule has 0 saturated heterocycles. The molecule has 6 rings (SSSR count). The lowest BCUT2D eigenvalue weighted by Crippen LogP contribution is -2.29. The summed E-state index contributed by atoms with van der Waals surface area (Å²) in [4.78, 5) is 17.6. The summed E-state index contributed by atoms with van der Waals surface area (Å²) in [6.45, 7) is 1.94. The summed E-state index contributed by atoms with van der Waals surface area (Å²) >= 11 is 0. The summed E-state index contributed by atoms with van der Waals surface area (Å²) in [6, 6.07) is 21.3. The molecule has 38 heavy (non-hydrogen) atoms. The van der Waals surface area contributed by atoms with Gasteiger partial charge in [-0.2, -0.15) is 10.2 Å². The number of fused-ring (bicyclic) bond motifs is 2. The predicted molar refractivity (Wildman–Crippen MR) is 146 cm³/mol. The Bertz CT molecular complexity index is 1870. The largest absolute Gasteiger partial charge is 0.382 e. The van der Waals surface area contributed by atoms with Crippen LogP contribution < -0.4 is 11.1 Å². The van der Waals surface area contributed by atoms with Crippen LogP contribution in [0.1, 0.15) is 40.3 Å². The van der Waals surface area contributed by atoms with E-state index in [2.05, 4.69) is 49.0 Å². The molecule has 4 aromatic heterocycles. The fourth-order valence-electron chi connectivity index (χ4n) is 4.64. The van der Waals surface area contributed by atoms with E-state index in [4.69, 9.17) is 5.73 Å². The van der Waals surface area contributed by atoms with E-state index < -0.39 is 0 Å². The summed E-state index contributed by atoms with van der Waals surface area (Å²) in [5.74, 6) is 6.31. The molecule has 9 nitrogen and oxygen atoms in total. The van der Waals surface area contributed by atoms with E-state index >= 15 is 0 Å². The van der Waals surface area contributed by atoms with E-state index in [0.717, 1.165) is 33.4 Å². The van der Waals surface area contributed by atoms with Crippen LogP contribution in [0, 0.1) is 11.8 Å². The van der Waals surface area contributed by atoms with Crippen molar-refractivity contribution >= 4 is 28.3 Å². The topological polar surface area (TPSA) is 108 Å². The van der Waals surface area contributed by atoms with Crippen LogP contribution in [0.5, 0.6) is 0 Å². The van der Waals surface area contributed by atoms with E-state index in [0.29, 0.717) is 5.65 Å². The minimum absolute atomic E-state index is 0.130. The number of imidazole rings is 1. The van der Waals surface area contributed by atoms with Crippen molar-refractivity contribution in [3.8, 4) is 17.5 Å². The number of hydrogen-bond donors (Lipinski definition) is 2. The average Bonchev–Trinajstić information content (AvgIpc) is 3.62. The third kappa shape index (κ3) is 4.04. The fourth-order valence-corrected chi connectivity index (χ4v) is 4.64. The maximum absolute atomic E-state index is 13.4. The highest BCUT2D eigenvalue weighted by Gasteiger charge is 2.23. The van der Waals surface area contributed by atoms with E-state index in [-0.39, 0.29) is 23.5 Å². The molecule has 4 heterocycles. The Hall–Kier alpha value is -5.36. The quantitative estimate of drug-likeness (QED) is 0.357. The summed E-state index contributed by atoms with van der Waals surface area (Å²) < 4.78 is 5.33. The lowest BCUT2D eigenvalue weighted by atomic mass is 10.1. The van der Waals surface area contributed by atoms with Crippen molar-refractivity contribution in [3.63, 3.8) is 0 Å². The van der Waals surface area contributed by atoms with Crippen LogP contribution in [0.25, 0.3) is 22.2 Å². The van der Waals surface area contributed by atoms with Crippen LogP contribution in [0.15, 0.2) is 85.3 Å². The first kappa shape index (κ1) is 23.1. The van der Waals surface area contributed by atoms with E-state index in [9.17, 15) is 4.79 Å². The van der Waals surface area contributed by atoms with Crippen molar-refractivity contribution in [1.82, 2.24) is 34.3 Å². The summed E-state index contributed by atoms with van der Waals surface area (Å²) in [6.07, 6.45) is 5.22. The van der Waals surface area contributed by atoms with Gasteiger partial charge < -0.3 is 15.6 Å². The smallest absolute Gasteiger partial charge is 0.274 e. The van der Waals surface area contributed by atoms with Gasteiger partial charge in [-0.3, -0.25) is 9.48 Å². The third-order valence-corrected chi connectivity index (χ3v) is 6.34. The zero-order chi connectivity index (χ0) is 26.2. The number of benzene rings is 2. The van der Waals surface area contributed by atoms with Crippen LogP contribution in [0.4, 0.5) is 5.82 Å². The predicted octanol–water partition coefficient (Wildman–Crippen LogP) is 3.88. The molecule has 0 aliphatic carbocycles. The molecule has 0 aliphatic rings. The molecule has 3 N–H and O–H groups in total. The number of nitrogens with two attached hydrogens (primary N) is 1. The molecule has 0 spiro atoms. The van der Waals surface area contributed by atoms with E-state index in [1.54, 1.807) is 29.2 Å².